The summed E-state index contributed by atoms with van der Waals surface area (Å²) in [6, 6.07) is 1.94. The molecule has 1 heterocycles. The molecule has 0 unspecified atom stereocenters. The SMILES string of the molecule is Cn1ncc2c(N)c(CCl)cc(Br)c21. The van der Waals surface area contributed by atoms with E-state index in [9.17, 15) is 0 Å². The fourth-order valence-corrected chi connectivity index (χ4v) is 2.47. The van der Waals surface area contributed by atoms with Gasteiger partial charge in [-0.25, -0.2) is 0 Å². The highest BCUT2D eigenvalue weighted by atomic mass is 79.9. The lowest BCUT2D eigenvalue weighted by Gasteiger charge is -2.05. The van der Waals surface area contributed by atoms with Crippen LogP contribution < -0.4 is 5.73 Å². The van der Waals surface area contributed by atoms with Gasteiger partial charge in [0.25, 0.3) is 0 Å². The lowest BCUT2D eigenvalue weighted by atomic mass is 10.1. The molecule has 1 aromatic carbocycles. The van der Waals surface area contributed by atoms with Gasteiger partial charge < -0.3 is 5.73 Å². The Morgan fingerprint density at radius 2 is 2.36 bits per heavy atom. The van der Waals surface area contributed by atoms with Crippen molar-refractivity contribution in [3.63, 3.8) is 0 Å². The Kier molecular flexibility index (Phi) is 2.41. The maximum atomic E-state index is 5.95. The number of halogens is 2. The standard InChI is InChI=1S/C9H9BrClN3/c1-14-9-6(4-13-14)8(12)5(3-11)2-7(9)10/h2,4H,3,12H2,1H3. The van der Waals surface area contributed by atoms with Crippen LogP contribution in [-0.2, 0) is 12.9 Å². The van der Waals surface area contributed by atoms with Crippen LogP contribution in [0.1, 0.15) is 5.56 Å². The summed E-state index contributed by atoms with van der Waals surface area (Å²) < 4.78 is 2.76. The van der Waals surface area contributed by atoms with Crippen molar-refractivity contribution in [1.82, 2.24) is 9.78 Å². The van der Waals surface area contributed by atoms with E-state index in [1.54, 1.807) is 10.9 Å². The number of aromatic nitrogens is 2. The Morgan fingerprint density at radius 1 is 1.64 bits per heavy atom. The van der Waals surface area contributed by atoms with Gasteiger partial charge in [0.1, 0.15) is 0 Å². The number of fused-ring (bicyclic) bond motifs is 1. The zero-order chi connectivity index (χ0) is 10.3. The van der Waals surface area contributed by atoms with Crippen molar-refractivity contribution in [2.45, 2.75) is 5.88 Å². The Morgan fingerprint density at radius 3 is 3.00 bits per heavy atom. The number of aryl methyl sites for hydroxylation is 1. The second-order valence-corrected chi connectivity index (χ2v) is 4.22. The molecule has 3 nitrogen and oxygen atoms in total. The molecule has 14 heavy (non-hydrogen) atoms. The van der Waals surface area contributed by atoms with E-state index in [0.717, 1.165) is 20.9 Å². The van der Waals surface area contributed by atoms with Crippen molar-refractivity contribution in [1.29, 1.82) is 0 Å². The number of hydrogen-bond donors (Lipinski definition) is 1. The fraction of sp³-hybridized carbons (Fsp3) is 0.222. The topological polar surface area (TPSA) is 43.8 Å². The third-order valence-corrected chi connectivity index (χ3v) is 3.14. The molecule has 0 saturated heterocycles. The Balaban J connectivity index is 2.89. The number of nitrogen functional groups attached to an aromatic ring is 1. The highest BCUT2D eigenvalue weighted by Crippen LogP contribution is 2.32. The molecule has 74 valence electrons. The van der Waals surface area contributed by atoms with Gasteiger partial charge in [-0.2, -0.15) is 5.10 Å². The molecule has 0 aliphatic rings. The predicted molar refractivity (Wildman–Crippen MR) is 62.4 cm³/mol. The van der Waals surface area contributed by atoms with Gasteiger partial charge in [0, 0.05) is 28.5 Å². The molecule has 2 N–H and O–H groups in total. The Hall–Kier alpha value is -0.740. The number of benzene rings is 1. The van der Waals surface area contributed by atoms with E-state index < -0.39 is 0 Å². The van der Waals surface area contributed by atoms with E-state index in [2.05, 4.69) is 21.0 Å². The third-order valence-electron chi connectivity index (χ3n) is 2.25. The quantitative estimate of drug-likeness (QED) is 0.642. The molecule has 0 bridgehead atoms. The number of rotatable bonds is 1. The molecular weight excluding hydrogens is 265 g/mol. The van der Waals surface area contributed by atoms with Gasteiger partial charge in [-0.05, 0) is 27.6 Å². The summed E-state index contributed by atoms with van der Waals surface area (Å²) in [5.41, 5.74) is 8.59. The lowest BCUT2D eigenvalue weighted by molar-refractivity contribution is 0.795. The van der Waals surface area contributed by atoms with Crippen molar-refractivity contribution < 1.29 is 0 Å². The van der Waals surface area contributed by atoms with Crippen molar-refractivity contribution >= 4 is 44.1 Å². The zero-order valence-electron chi connectivity index (χ0n) is 7.59. The molecule has 0 fully saturated rings. The van der Waals surface area contributed by atoms with Gasteiger partial charge in [-0.15, -0.1) is 11.6 Å². The Bertz CT molecular complexity index is 492. The second-order valence-electron chi connectivity index (χ2n) is 3.10. The molecule has 0 radical (unpaired) electrons. The van der Waals surface area contributed by atoms with Crippen molar-refractivity contribution in [3.05, 3.63) is 22.3 Å². The van der Waals surface area contributed by atoms with Crippen LogP contribution in [0.5, 0.6) is 0 Å². The maximum Gasteiger partial charge on any atom is 0.0842 e. The van der Waals surface area contributed by atoms with Crippen LogP contribution in [0, 0.1) is 0 Å². The van der Waals surface area contributed by atoms with Gasteiger partial charge in [-0.1, -0.05) is 0 Å². The van der Waals surface area contributed by atoms with Crippen LogP contribution in [0.4, 0.5) is 5.69 Å². The molecule has 0 aliphatic carbocycles. The van der Waals surface area contributed by atoms with E-state index in [-0.39, 0.29) is 0 Å². The number of nitrogens with zero attached hydrogens (tertiary/aromatic N) is 2. The third kappa shape index (κ3) is 1.29. The van der Waals surface area contributed by atoms with Crippen molar-refractivity contribution in [3.8, 4) is 0 Å². The molecule has 1 aromatic heterocycles. The van der Waals surface area contributed by atoms with E-state index in [4.69, 9.17) is 17.3 Å². The molecular formula is C9H9BrClN3. The van der Waals surface area contributed by atoms with Gasteiger partial charge >= 0.3 is 0 Å². The summed E-state index contributed by atoms with van der Waals surface area (Å²) in [6.45, 7) is 0. The summed E-state index contributed by atoms with van der Waals surface area (Å²) >= 11 is 9.26. The number of anilines is 1. The first-order valence-corrected chi connectivity index (χ1v) is 5.42. The summed E-state index contributed by atoms with van der Waals surface area (Å²) in [5, 5.41) is 5.10. The largest absolute Gasteiger partial charge is 0.398 e. The molecule has 0 saturated carbocycles. The average molecular weight is 275 g/mol. The number of nitrogens with two attached hydrogens (primary N) is 1. The van der Waals surface area contributed by atoms with Gasteiger partial charge in [0.15, 0.2) is 0 Å². The second kappa shape index (κ2) is 3.44. The molecule has 0 spiro atoms. The lowest BCUT2D eigenvalue weighted by Crippen LogP contribution is -1.95. The van der Waals surface area contributed by atoms with Crippen molar-refractivity contribution in [2.24, 2.45) is 7.05 Å². The summed E-state index contributed by atoms with van der Waals surface area (Å²) in [7, 11) is 1.88. The van der Waals surface area contributed by atoms with E-state index >= 15 is 0 Å². The van der Waals surface area contributed by atoms with Crippen LogP contribution in [0.15, 0.2) is 16.7 Å². The molecule has 0 atom stereocenters. The molecule has 5 heteroatoms. The summed E-state index contributed by atoms with van der Waals surface area (Å²) in [6.07, 6.45) is 1.76. The van der Waals surface area contributed by atoms with Crippen molar-refractivity contribution in [2.75, 3.05) is 5.73 Å². The van der Waals surface area contributed by atoms with Gasteiger partial charge in [0.05, 0.1) is 11.7 Å². The highest BCUT2D eigenvalue weighted by Gasteiger charge is 2.11. The van der Waals surface area contributed by atoms with Gasteiger partial charge in [-0.3, -0.25) is 4.68 Å². The monoisotopic (exact) mass is 273 g/mol. The molecule has 2 rings (SSSR count). The van der Waals surface area contributed by atoms with E-state index in [1.165, 1.54) is 0 Å². The fourth-order valence-electron chi connectivity index (χ4n) is 1.50. The predicted octanol–water partition coefficient (Wildman–Crippen LogP) is 2.66. The van der Waals surface area contributed by atoms with E-state index in [1.807, 2.05) is 13.1 Å². The maximum absolute atomic E-state index is 5.95. The van der Waals surface area contributed by atoms with Crippen LogP contribution in [0.3, 0.4) is 0 Å². The number of alkyl halides is 1. The normalized spacial score (nSPS) is 11.1. The zero-order valence-corrected chi connectivity index (χ0v) is 9.93. The summed E-state index contributed by atoms with van der Waals surface area (Å²) in [5.74, 6) is 0.412. The number of hydrogen-bond acceptors (Lipinski definition) is 2. The smallest absolute Gasteiger partial charge is 0.0842 e. The summed E-state index contributed by atoms with van der Waals surface area (Å²) in [4.78, 5) is 0. The van der Waals surface area contributed by atoms with Gasteiger partial charge in [0.2, 0.25) is 0 Å². The minimum atomic E-state index is 0.412. The minimum Gasteiger partial charge on any atom is -0.398 e. The molecule has 0 amide bonds. The minimum absolute atomic E-state index is 0.412. The average Bonchev–Trinajstić information content (AvgIpc) is 2.54. The van der Waals surface area contributed by atoms with Crippen LogP contribution in [0.2, 0.25) is 0 Å². The van der Waals surface area contributed by atoms with Crippen LogP contribution >= 0.6 is 27.5 Å². The molecule has 2 aromatic rings. The van der Waals surface area contributed by atoms with Crippen LogP contribution in [-0.4, -0.2) is 9.78 Å². The van der Waals surface area contributed by atoms with E-state index in [0.29, 0.717) is 11.6 Å². The van der Waals surface area contributed by atoms with Crippen LogP contribution in [0.25, 0.3) is 10.9 Å². The first-order valence-electron chi connectivity index (χ1n) is 4.09. The first-order chi connectivity index (χ1) is 6.65. The Labute approximate surface area is 95.0 Å². The first kappa shape index (κ1) is 9.80. The highest BCUT2D eigenvalue weighted by molar-refractivity contribution is 9.10. The molecule has 0 aliphatic heterocycles.